The second kappa shape index (κ2) is 7.70. The number of hydrogen-bond acceptors (Lipinski definition) is 5. The molecule has 2 N–H and O–H groups in total. The summed E-state index contributed by atoms with van der Waals surface area (Å²) in [5.74, 6) is 6.20. The van der Waals surface area contributed by atoms with Gasteiger partial charge in [-0.2, -0.15) is 0 Å². The average molecular weight is 348 g/mol. The van der Waals surface area contributed by atoms with E-state index in [0.29, 0.717) is 11.9 Å². The number of H-pyrrole nitrogens is 1. The van der Waals surface area contributed by atoms with Gasteiger partial charge >= 0.3 is 6.01 Å². The molecule has 3 heterocycles. The van der Waals surface area contributed by atoms with Crippen molar-refractivity contribution in [1.82, 2.24) is 19.9 Å². The van der Waals surface area contributed by atoms with Gasteiger partial charge < -0.3 is 14.8 Å². The fourth-order valence-electron chi connectivity index (χ4n) is 2.77. The minimum atomic E-state index is 0.336. The zero-order valence-electron chi connectivity index (χ0n) is 14.9. The van der Waals surface area contributed by atoms with E-state index in [1.165, 1.54) is 6.08 Å². The number of aromatic nitrogens is 4. The molecule has 0 saturated heterocycles. The van der Waals surface area contributed by atoms with Gasteiger partial charge in [0.15, 0.2) is 0 Å². The van der Waals surface area contributed by atoms with Crippen molar-refractivity contribution in [2.75, 3.05) is 7.11 Å². The molecule has 6 heteroatoms. The lowest BCUT2D eigenvalue weighted by atomic mass is 9.98. The molecular weight excluding hydrogens is 328 g/mol. The van der Waals surface area contributed by atoms with Crippen LogP contribution in [0.4, 0.5) is 0 Å². The molecule has 26 heavy (non-hydrogen) atoms. The van der Waals surface area contributed by atoms with E-state index in [1.54, 1.807) is 25.7 Å². The van der Waals surface area contributed by atoms with Crippen LogP contribution in [-0.4, -0.2) is 32.2 Å². The highest BCUT2D eigenvalue weighted by molar-refractivity contribution is 5.89. The molecule has 3 aromatic rings. The van der Waals surface area contributed by atoms with Gasteiger partial charge in [0.2, 0.25) is 0 Å². The Labute approximate surface area is 152 Å². The quantitative estimate of drug-likeness (QED) is 0.555. The summed E-state index contributed by atoms with van der Waals surface area (Å²) in [6.07, 6.45) is 8.39. The number of aliphatic hydroxyl groups excluding tert-OH is 1. The maximum absolute atomic E-state index is 8.70. The SMILES string of the molecule is COc1ncc(-c2[nH]c3ncc(C#C/C=C\O)cc3c2CC(C)C)cn1. The number of nitrogens with zero attached hydrogens (tertiary/aromatic N) is 3. The topological polar surface area (TPSA) is 83.9 Å². The maximum atomic E-state index is 8.70. The molecule has 3 rings (SSSR count). The van der Waals surface area contributed by atoms with Gasteiger partial charge in [0.05, 0.1) is 19.1 Å². The molecule has 0 radical (unpaired) electrons. The van der Waals surface area contributed by atoms with E-state index in [1.807, 2.05) is 6.07 Å². The average Bonchev–Trinajstić information content (AvgIpc) is 2.99. The molecule has 0 unspecified atom stereocenters. The Kier molecular flexibility index (Phi) is 5.18. The number of allylic oxidation sites excluding steroid dienone is 1. The maximum Gasteiger partial charge on any atom is 0.316 e. The van der Waals surface area contributed by atoms with Gasteiger partial charge in [-0.3, -0.25) is 0 Å². The van der Waals surface area contributed by atoms with Gasteiger partial charge in [-0.15, -0.1) is 0 Å². The minimum absolute atomic E-state index is 0.336. The zero-order valence-corrected chi connectivity index (χ0v) is 14.9. The molecular formula is C20H20N4O2. The summed E-state index contributed by atoms with van der Waals surface area (Å²) < 4.78 is 5.04. The smallest absolute Gasteiger partial charge is 0.316 e. The number of aromatic amines is 1. The van der Waals surface area contributed by atoms with Gasteiger partial charge in [0.1, 0.15) is 5.65 Å². The standard InChI is InChI=1S/C20H20N4O2/c1-13(2)8-16-17-9-14(6-4-5-7-25)10-21-19(17)24-18(16)15-11-22-20(26-3)23-12-15/h5,7,9-13,25H,8H2,1-3H3,(H,21,24)/b7-5-. The Morgan fingerprint density at radius 3 is 2.65 bits per heavy atom. The molecule has 0 atom stereocenters. The third kappa shape index (κ3) is 3.67. The molecule has 0 bridgehead atoms. The highest BCUT2D eigenvalue weighted by Gasteiger charge is 2.16. The Balaban J connectivity index is 2.14. The summed E-state index contributed by atoms with van der Waals surface area (Å²) in [5, 5.41) is 9.73. The highest BCUT2D eigenvalue weighted by Crippen LogP contribution is 2.31. The van der Waals surface area contributed by atoms with Gasteiger partial charge in [-0.05, 0) is 24.0 Å². The van der Waals surface area contributed by atoms with Crippen molar-refractivity contribution < 1.29 is 9.84 Å². The molecule has 0 amide bonds. The number of pyridine rings is 1. The fraction of sp³-hybridized carbons (Fsp3) is 0.250. The number of fused-ring (bicyclic) bond motifs is 1. The molecule has 0 aliphatic heterocycles. The van der Waals surface area contributed by atoms with Crippen LogP contribution in [0.3, 0.4) is 0 Å². The molecule has 6 nitrogen and oxygen atoms in total. The van der Waals surface area contributed by atoms with Crippen LogP contribution in [0, 0.1) is 17.8 Å². The summed E-state index contributed by atoms with van der Waals surface area (Å²) in [4.78, 5) is 16.3. The predicted molar refractivity (Wildman–Crippen MR) is 101 cm³/mol. The van der Waals surface area contributed by atoms with E-state index in [9.17, 15) is 0 Å². The number of methoxy groups -OCH3 is 1. The van der Waals surface area contributed by atoms with Gasteiger partial charge in [-0.1, -0.05) is 25.7 Å². The Morgan fingerprint density at radius 2 is 2.00 bits per heavy atom. The summed E-state index contributed by atoms with van der Waals surface area (Å²) in [7, 11) is 1.54. The molecule has 0 saturated carbocycles. The third-order valence-corrected chi connectivity index (χ3v) is 3.84. The predicted octanol–water partition coefficient (Wildman–Crippen LogP) is 3.65. The van der Waals surface area contributed by atoms with Crippen molar-refractivity contribution in [3.05, 3.63) is 48.1 Å². The molecule has 0 fully saturated rings. The minimum Gasteiger partial charge on any atom is -0.515 e. The van der Waals surface area contributed by atoms with Crippen molar-refractivity contribution in [2.45, 2.75) is 20.3 Å². The number of nitrogens with one attached hydrogen (secondary N) is 1. The molecule has 3 aromatic heterocycles. The first-order valence-corrected chi connectivity index (χ1v) is 8.30. The van der Waals surface area contributed by atoms with Crippen molar-refractivity contribution in [1.29, 1.82) is 0 Å². The molecule has 0 aliphatic carbocycles. The third-order valence-electron chi connectivity index (χ3n) is 3.84. The first-order chi connectivity index (χ1) is 12.6. The van der Waals surface area contributed by atoms with E-state index in [-0.39, 0.29) is 0 Å². The molecule has 0 aliphatic rings. The van der Waals surface area contributed by atoms with Crippen LogP contribution in [0.15, 0.2) is 37.0 Å². The van der Waals surface area contributed by atoms with E-state index < -0.39 is 0 Å². The lowest BCUT2D eigenvalue weighted by molar-refractivity contribution is 0.380. The van der Waals surface area contributed by atoms with Gasteiger partial charge in [0, 0.05) is 41.2 Å². The van der Waals surface area contributed by atoms with Crippen LogP contribution in [0.1, 0.15) is 25.0 Å². The first-order valence-electron chi connectivity index (χ1n) is 8.30. The zero-order chi connectivity index (χ0) is 18.5. The van der Waals surface area contributed by atoms with Crippen LogP contribution >= 0.6 is 0 Å². The van der Waals surface area contributed by atoms with Crippen molar-refractivity contribution >= 4 is 11.0 Å². The highest BCUT2D eigenvalue weighted by atomic mass is 16.5. The van der Waals surface area contributed by atoms with Crippen molar-refractivity contribution in [3.63, 3.8) is 0 Å². The monoisotopic (exact) mass is 348 g/mol. The largest absolute Gasteiger partial charge is 0.515 e. The second-order valence-corrected chi connectivity index (χ2v) is 6.24. The van der Waals surface area contributed by atoms with E-state index in [2.05, 4.69) is 45.6 Å². The Hall–Kier alpha value is -3.33. The second-order valence-electron chi connectivity index (χ2n) is 6.24. The van der Waals surface area contributed by atoms with Crippen LogP contribution in [-0.2, 0) is 6.42 Å². The van der Waals surface area contributed by atoms with Gasteiger partial charge in [0.25, 0.3) is 0 Å². The summed E-state index contributed by atoms with van der Waals surface area (Å²) in [5.41, 5.74) is 4.60. The number of hydrogen-bond donors (Lipinski definition) is 2. The molecule has 0 aromatic carbocycles. The van der Waals surface area contributed by atoms with Crippen LogP contribution in [0.2, 0.25) is 0 Å². The van der Waals surface area contributed by atoms with Crippen LogP contribution in [0.5, 0.6) is 6.01 Å². The normalized spacial score (nSPS) is 11.1. The summed E-state index contributed by atoms with van der Waals surface area (Å²) in [6, 6.07) is 2.35. The molecule has 132 valence electrons. The van der Waals surface area contributed by atoms with Gasteiger partial charge in [-0.25, -0.2) is 15.0 Å². The Morgan fingerprint density at radius 1 is 1.23 bits per heavy atom. The summed E-state index contributed by atoms with van der Waals surface area (Å²) >= 11 is 0. The van der Waals surface area contributed by atoms with Crippen molar-refractivity contribution in [2.24, 2.45) is 5.92 Å². The van der Waals surface area contributed by atoms with E-state index >= 15 is 0 Å². The van der Waals surface area contributed by atoms with E-state index in [0.717, 1.165) is 46.1 Å². The molecule has 0 spiro atoms. The fourth-order valence-corrected chi connectivity index (χ4v) is 2.77. The summed E-state index contributed by atoms with van der Waals surface area (Å²) in [6.45, 7) is 4.35. The van der Waals surface area contributed by atoms with Crippen LogP contribution in [0.25, 0.3) is 22.3 Å². The van der Waals surface area contributed by atoms with E-state index in [4.69, 9.17) is 9.84 Å². The lowest BCUT2D eigenvalue weighted by Gasteiger charge is -2.08. The lowest BCUT2D eigenvalue weighted by Crippen LogP contribution is -1.97. The van der Waals surface area contributed by atoms with Crippen molar-refractivity contribution in [3.8, 4) is 29.1 Å². The number of ether oxygens (including phenoxy) is 1. The Bertz CT molecular complexity index is 992. The first kappa shape index (κ1) is 17.5. The number of rotatable bonds is 4. The number of aliphatic hydroxyl groups is 1. The van der Waals surface area contributed by atoms with Crippen LogP contribution < -0.4 is 4.74 Å².